The van der Waals surface area contributed by atoms with Crippen LogP contribution < -0.4 is 5.19 Å². The first-order valence-electron chi connectivity index (χ1n) is 16.2. The summed E-state index contributed by atoms with van der Waals surface area (Å²) in [6.07, 6.45) is 10.6. The summed E-state index contributed by atoms with van der Waals surface area (Å²) in [5, 5.41) is 1.24. The Balaban J connectivity index is 0.000000238. The van der Waals surface area contributed by atoms with Gasteiger partial charge in [0, 0.05) is 12.4 Å². The van der Waals surface area contributed by atoms with Gasteiger partial charge in [0.1, 0.15) is 0 Å². The van der Waals surface area contributed by atoms with E-state index in [4.69, 9.17) is 7.85 Å². The Morgan fingerprint density at radius 2 is 1.13 bits per heavy atom. The van der Waals surface area contributed by atoms with Gasteiger partial charge in [-0.15, -0.1) is 0 Å². The van der Waals surface area contributed by atoms with E-state index in [1.54, 1.807) is 0 Å². The molecule has 0 atom stereocenters. The second kappa shape index (κ2) is 16.1. The highest BCUT2D eigenvalue weighted by Crippen LogP contribution is 2.35. The molecule has 0 saturated heterocycles. The molecule has 2 radical (unpaired) electrons. The van der Waals surface area contributed by atoms with Gasteiger partial charge in [0.15, 0.2) is 0 Å². The summed E-state index contributed by atoms with van der Waals surface area (Å²) in [4.78, 5) is 4.48. The fourth-order valence-corrected chi connectivity index (χ4v) is 8.51. The lowest BCUT2D eigenvalue weighted by atomic mass is 9.76. The second-order valence-electron chi connectivity index (χ2n) is 11.7. The van der Waals surface area contributed by atoms with E-state index < -0.39 is 9.52 Å². The molecule has 1 heterocycles. The van der Waals surface area contributed by atoms with Gasteiger partial charge in [0.25, 0.3) is 0 Å². The molecule has 6 rings (SSSR count). The summed E-state index contributed by atoms with van der Waals surface area (Å²) in [6.45, 7) is 4.51. The SMILES string of the molecule is CCCc1cccc(C([SiH2]c2ccccc2)(c2cccc(CCC)c2)n2ccnc2)c1.[B]C(c1ccccc1)c1ccccc1. The molecule has 6 aromatic rings. The molecule has 0 aliphatic heterocycles. The third-order valence-electron chi connectivity index (χ3n) is 8.45. The lowest BCUT2D eigenvalue weighted by molar-refractivity contribution is 0.594. The molecule has 0 aliphatic carbocycles. The van der Waals surface area contributed by atoms with Crippen LogP contribution in [0.25, 0.3) is 0 Å². The number of aromatic nitrogens is 2. The fourth-order valence-electron chi connectivity index (χ4n) is 6.20. The normalized spacial score (nSPS) is 11.4. The maximum absolute atomic E-state index is 6.12. The Hall–Kier alpha value is -4.41. The molecule has 2 nitrogen and oxygen atoms in total. The van der Waals surface area contributed by atoms with Crippen molar-refractivity contribution >= 4 is 22.6 Å². The number of hydrogen-bond acceptors (Lipinski definition) is 1. The van der Waals surface area contributed by atoms with E-state index in [0.29, 0.717) is 0 Å². The molecule has 0 spiro atoms. The fraction of sp³-hybridized carbons (Fsp3) is 0.195. The van der Waals surface area contributed by atoms with E-state index in [0.717, 1.165) is 36.8 Å². The summed E-state index contributed by atoms with van der Waals surface area (Å²) in [7, 11) is 5.31. The van der Waals surface area contributed by atoms with Crippen molar-refractivity contribution in [3.8, 4) is 0 Å². The minimum absolute atomic E-state index is 0.0163. The van der Waals surface area contributed by atoms with Crippen molar-refractivity contribution in [2.45, 2.75) is 50.5 Å². The first-order valence-corrected chi connectivity index (χ1v) is 17.6. The molecule has 4 heteroatoms. The highest BCUT2D eigenvalue weighted by atomic mass is 28.2. The smallest absolute Gasteiger partial charge is 0.0965 e. The van der Waals surface area contributed by atoms with Gasteiger partial charge in [0.05, 0.1) is 28.9 Å². The highest BCUT2D eigenvalue weighted by Gasteiger charge is 2.37. The van der Waals surface area contributed by atoms with Crippen molar-refractivity contribution in [3.05, 3.63) is 192 Å². The molecule has 45 heavy (non-hydrogen) atoms. The molecule has 0 unspecified atom stereocenters. The maximum atomic E-state index is 6.12. The van der Waals surface area contributed by atoms with Gasteiger partial charge in [-0.3, -0.25) is 0 Å². The first-order chi connectivity index (χ1) is 22.1. The van der Waals surface area contributed by atoms with Gasteiger partial charge in [-0.05, 0) is 52.0 Å². The van der Waals surface area contributed by atoms with Crippen LogP contribution in [0.15, 0.2) is 158 Å². The van der Waals surface area contributed by atoms with Gasteiger partial charge in [-0.2, -0.15) is 0 Å². The number of benzene rings is 5. The summed E-state index contributed by atoms with van der Waals surface area (Å²) >= 11 is 0. The zero-order chi connectivity index (χ0) is 31.3. The van der Waals surface area contributed by atoms with Crippen LogP contribution in [0.1, 0.15) is 65.9 Å². The molecule has 5 aromatic carbocycles. The monoisotopic (exact) mass is 602 g/mol. The van der Waals surface area contributed by atoms with E-state index in [-0.39, 0.29) is 11.0 Å². The first kappa shape index (κ1) is 32.0. The van der Waals surface area contributed by atoms with Crippen molar-refractivity contribution in [2.24, 2.45) is 0 Å². The zero-order valence-corrected chi connectivity index (χ0v) is 28.0. The van der Waals surface area contributed by atoms with E-state index in [9.17, 15) is 0 Å². The molecule has 0 bridgehead atoms. The lowest BCUT2D eigenvalue weighted by Gasteiger charge is -2.37. The Morgan fingerprint density at radius 1 is 0.644 bits per heavy atom. The van der Waals surface area contributed by atoms with Crippen LogP contribution in [0.3, 0.4) is 0 Å². The predicted molar refractivity (Wildman–Crippen MR) is 194 cm³/mol. The van der Waals surface area contributed by atoms with Gasteiger partial charge in [0.2, 0.25) is 0 Å². The van der Waals surface area contributed by atoms with Crippen LogP contribution in [0.4, 0.5) is 0 Å². The van der Waals surface area contributed by atoms with Crippen molar-refractivity contribution in [2.75, 3.05) is 0 Å². The van der Waals surface area contributed by atoms with Gasteiger partial charge in [-0.1, -0.05) is 171 Å². The van der Waals surface area contributed by atoms with Crippen molar-refractivity contribution < 1.29 is 0 Å². The molecular weight excluding hydrogens is 559 g/mol. The maximum Gasteiger partial charge on any atom is 0.0965 e. The molecule has 224 valence electrons. The molecule has 1 aromatic heterocycles. The third kappa shape index (κ3) is 8.01. The van der Waals surface area contributed by atoms with E-state index in [1.165, 1.54) is 27.4 Å². The highest BCUT2D eigenvalue weighted by molar-refractivity contribution is 6.57. The Morgan fingerprint density at radius 3 is 1.58 bits per heavy atom. The van der Waals surface area contributed by atoms with Gasteiger partial charge in [-0.25, -0.2) is 4.98 Å². The van der Waals surface area contributed by atoms with Crippen molar-refractivity contribution in [1.29, 1.82) is 0 Å². The number of hydrogen-bond donors (Lipinski definition) is 0. The van der Waals surface area contributed by atoms with Crippen molar-refractivity contribution in [1.82, 2.24) is 9.55 Å². The predicted octanol–water partition coefficient (Wildman–Crippen LogP) is 7.98. The Bertz CT molecular complexity index is 1610. The van der Waals surface area contributed by atoms with Crippen LogP contribution in [-0.4, -0.2) is 26.9 Å². The van der Waals surface area contributed by atoms with Crippen molar-refractivity contribution in [3.63, 3.8) is 0 Å². The number of aryl methyl sites for hydroxylation is 2. The van der Waals surface area contributed by atoms with Crippen LogP contribution >= 0.6 is 0 Å². The molecular formula is C41H43BN2Si. The largest absolute Gasteiger partial charge is 0.326 e. The summed E-state index contributed by atoms with van der Waals surface area (Å²) in [6, 6.07) is 49.8. The molecule has 0 fully saturated rings. The van der Waals surface area contributed by atoms with Crippen LogP contribution in [0.5, 0.6) is 0 Å². The minimum Gasteiger partial charge on any atom is -0.326 e. The van der Waals surface area contributed by atoms with E-state index in [2.05, 4.69) is 133 Å². The van der Waals surface area contributed by atoms with Crippen LogP contribution in [0.2, 0.25) is 0 Å². The number of imidazole rings is 1. The number of rotatable bonds is 11. The zero-order valence-electron chi connectivity index (χ0n) is 26.6. The topological polar surface area (TPSA) is 17.8 Å². The average Bonchev–Trinajstić information content (AvgIpc) is 3.65. The van der Waals surface area contributed by atoms with E-state index >= 15 is 0 Å². The molecule has 0 N–H and O–H groups in total. The Kier molecular flexibility index (Phi) is 11.4. The Labute approximate surface area is 273 Å². The average molecular weight is 603 g/mol. The summed E-state index contributed by atoms with van der Waals surface area (Å²) in [5.74, 6) is -0.0163. The lowest BCUT2D eigenvalue weighted by Crippen LogP contribution is -2.46. The number of nitrogens with zero attached hydrogens (tertiary/aromatic N) is 2. The molecule has 0 aliphatic rings. The summed E-state index contributed by atoms with van der Waals surface area (Å²) in [5.41, 5.74) is 7.88. The standard InChI is InChI=1S/C28H32N2Si.C13H11B/c1-3-10-23-12-8-14-25(20-23)28(30-19-18-29-22-30,31-27-16-6-5-7-17-27)26-15-9-13-24(21-26)11-4-2;14-13(11-7-3-1-4-8-11)12-9-5-2-6-10-12/h5-9,12-22H,3-4,10-11,31H2,1-2H3;1-10,13H. The quantitative estimate of drug-likeness (QED) is 0.138. The third-order valence-corrected chi connectivity index (χ3v) is 11.0. The van der Waals surface area contributed by atoms with Gasteiger partial charge < -0.3 is 4.57 Å². The summed E-state index contributed by atoms with van der Waals surface area (Å²) < 4.78 is 2.36. The molecule has 0 saturated carbocycles. The van der Waals surface area contributed by atoms with Crippen LogP contribution in [0, 0.1) is 0 Å². The van der Waals surface area contributed by atoms with Crippen LogP contribution in [-0.2, 0) is 18.0 Å². The second-order valence-corrected chi connectivity index (χ2v) is 13.9. The van der Waals surface area contributed by atoms with E-state index in [1.807, 2.05) is 48.9 Å². The molecule has 0 amide bonds. The van der Waals surface area contributed by atoms with Gasteiger partial charge >= 0.3 is 0 Å². The minimum atomic E-state index is -0.807.